The first-order valence-electron chi connectivity index (χ1n) is 6.01. The molecule has 5 heteroatoms. The molecule has 0 aliphatic rings. The van der Waals surface area contributed by atoms with E-state index in [1.54, 1.807) is 6.07 Å². The van der Waals surface area contributed by atoms with Gasteiger partial charge in [-0.05, 0) is 38.4 Å². The SMILES string of the molecule is CC(C)(CO)NCCc1cccc2n[nH]c(F)c12. The zero-order valence-electron chi connectivity index (χ0n) is 10.6. The molecule has 0 radical (unpaired) electrons. The highest BCUT2D eigenvalue weighted by atomic mass is 19.1. The predicted molar refractivity (Wildman–Crippen MR) is 68.9 cm³/mol. The Balaban J connectivity index is 2.10. The molecule has 0 fully saturated rings. The van der Waals surface area contributed by atoms with Crippen molar-refractivity contribution < 1.29 is 9.50 Å². The van der Waals surface area contributed by atoms with Crippen molar-refractivity contribution in [2.45, 2.75) is 25.8 Å². The van der Waals surface area contributed by atoms with Crippen molar-refractivity contribution in [2.24, 2.45) is 0 Å². The van der Waals surface area contributed by atoms with Crippen LogP contribution < -0.4 is 5.32 Å². The van der Waals surface area contributed by atoms with Crippen LogP contribution >= 0.6 is 0 Å². The van der Waals surface area contributed by atoms with E-state index in [9.17, 15) is 4.39 Å². The second-order valence-corrected chi connectivity index (χ2v) is 5.07. The largest absolute Gasteiger partial charge is 0.394 e. The van der Waals surface area contributed by atoms with Crippen molar-refractivity contribution in [3.63, 3.8) is 0 Å². The molecule has 1 heterocycles. The smallest absolute Gasteiger partial charge is 0.217 e. The first kappa shape index (κ1) is 13.0. The minimum atomic E-state index is -0.387. The molecule has 1 aromatic carbocycles. The van der Waals surface area contributed by atoms with Crippen molar-refractivity contribution in [3.05, 3.63) is 29.7 Å². The quantitative estimate of drug-likeness (QED) is 0.756. The Hall–Kier alpha value is -1.46. The molecule has 0 amide bonds. The molecule has 1 aromatic heterocycles. The summed E-state index contributed by atoms with van der Waals surface area (Å²) in [6.07, 6.45) is 0.692. The fourth-order valence-corrected chi connectivity index (χ4v) is 1.90. The molecule has 3 N–H and O–H groups in total. The fraction of sp³-hybridized carbons (Fsp3) is 0.462. The van der Waals surface area contributed by atoms with Crippen LogP contribution in [0.15, 0.2) is 18.2 Å². The summed E-state index contributed by atoms with van der Waals surface area (Å²) in [5, 5.41) is 19.2. The van der Waals surface area contributed by atoms with E-state index < -0.39 is 0 Å². The van der Waals surface area contributed by atoms with E-state index >= 15 is 0 Å². The zero-order valence-corrected chi connectivity index (χ0v) is 10.6. The van der Waals surface area contributed by atoms with Gasteiger partial charge in [0, 0.05) is 5.54 Å². The number of benzene rings is 1. The standard InChI is InChI=1S/C13H18FN3O/c1-13(2,8-18)15-7-6-9-4-3-5-10-11(9)12(14)17-16-10/h3-5,15,18H,6-8H2,1-2H3,(H,16,17). The highest BCUT2D eigenvalue weighted by Crippen LogP contribution is 2.19. The van der Waals surface area contributed by atoms with Gasteiger partial charge in [-0.2, -0.15) is 9.49 Å². The second-order valence-electron chi connectivity index (χ2n) is 5.07. The minimum Gasteiger partial charge on any atom is -0.394 e. The van der Waals surface area contributed by atoms with Crippen molar-refractivity contribution >= 4 is 10.9 Å². The van der Waals surface area contributed by atoms with Gasteiger partial charge < -0.3 is 10.4 Å². The van der Waals surface area contributed by atoms with Gasteiger partial charge in [0.15, 0.2) is 0 Å². The predicted octanol–water partition coefficient (Wildman–Crippen LogP) is 1.60. The first-order valence-corrected chi connectivity index (χ1v) is 6.01. The van der Waals surface area contributed by atoms with Crippen LogP contribution in [0.25, 0.3) is 10.9 Å². The Morgan fingerprint density at radius 3 is 2.94 bits per heavy atom. The molecule has 4 nitrogen and oxygen atoms in total. The molecule has 2 aromatic rings. The van der Waals surface area contributed by atoms with Gasteiger partial charge in [-0.3, -0.25) is 5.10 Å². The Kier molecular flexibility index (Phi) is 3.63. The van der Waals surface area contributed by atoms with E-state index in [-0.39, 0.29) is 18.1 Å². The van der Waals surface area contributed by atoms with Crippen LogP contribution in [0.4, 0.5) is 4.39 Å². The van der Waals surface area contributed by atoms with Gasteiger partial charge >= 0.3 is 0 Å². The van der Waals surface area contributed by atoms with Crippen LogP contribution in [-0.2, 0) is 6.42 Å². The number of aliphatic hydroxyl groups excluding tert-OH is 1. The van der Waals surface area contributed by atoms with E-state index in [4.69, 9.17) is 5.11 Å². The molecule has 0 saturated heterocycles. The van der Waals surface area contributed by atoms with Crippen LogP contribution in [0.1, 0.15) is 19.4 Å². The molecule has 18 heavy (non-hydrogen) atoms. The van der Waals surface area contributed by atoms with Gasteiger partial charge in [0.25, 0.3) is 0 Å². The lowest BCUT2D eigenvalue weighted by atomic mass is 10.0. The normalized spacial score (nSPS) is 12.2. The number of hydrogen-bond acceptors (Lipinski definition) is 3. The molecule has 0 unspecified atom stereocenters. The molecule has 0 bridgehead atoms. The minimum absolute atomic E-state index is 0.0667. The van der Waals surface area contributed by atoms with Crippen LogP contribution in [-0.4, -0.2) is 34.0 Å². The summed E-state index contributed by atoms with van der Waals surface area (Å²) in [7, 11) is 0. The highest BCUT2D eigenvalue weighted by molar-refractivity contribution is 5.82. The van der Waals surface area contributed by atoms with Gasteiger partial charge in [0.05, 0.1) is 17.5 Å². The van der Waals surface area contributed by atoms with E-state index in [1.165, 1.54) is 0 Å². The molecule has 0 aliphatic carbocycles. The van der Waals surface area contributed by atoms with Crippen molar-refractivity contribution in [2.75, 3.05) is 13.2 Å². The van der Waals surface area contributed by atoms with Crippen molar-refractivity contribution in [1.82, 2.24) is 15.5 Å². The van der Waals surface area contributed by atoms with Crippen LogP contribution in [0.5, 0.6) is 0 Å². The Morgan fingerprint density at radius 2 is 2.22 bits per heavy atom. The van der Waals surface area contributed by atoms with Crippen LogP contribution in [0.2, 0.25) is 0 Å². The maximum Gasteiger partial charge on any atom is 0.217 e. The summed E-state index contributed by atoms with van der Waals surface area (Å²) in [6.45, 7) is 4.59. The summed E-state index contributed by atoms with van der Waals surface area (Å²) < 4.78 is 13.6. The Bertz CT molecular complexity index is 536. The number of fused-ring (bicyclic) bond motifs is 1. The summed E-state index contributed by atoms with van der Waals surface area (Å²) >= 11 is 0. The Morgan fingerprint density at radius 1 is 1.44 bits per heavy atom. The van der Waals surface area contributed by atoms with Crippen molar-refractivity contribution in [3.8, 4) is 0 Å². The molecular formula is C13H18FN3O. The molecule has 0 atom stereocenters. The van der Waals surface area contributed by atoms with E-state index in [2.05, 4.69) is 15.5 Å². The third-order valence-corrected chi connectivity index (χ3v) is 3.02. The summed E-state index contributed by atoms with van der Waals surface area (Å²) in [5.74, 6) is -0.387. The number of H-pyrrole nitrogens is 1. The molecule has 0 aliphatic heterocycles. The molecule has 98 valence electrons. The number of aromatic amines is 1. The average Bonchev–Trinajstić information content (AvgIpc) is 2.72. The number of nitrogens with one attached hydrogen (secondary N) is 2. The number of nitrogens with zero attached hydrogens (tertiary/aromatic N) is 1. The summed E-state index contributed by atoms with van der Waals surface area (Å²) in [5.41, 5.74) is 1.24. The molecule has 0 spiro atoms. The monoisotopic (exact) mass is 251 g/mol. The van der Waals surface area contributed by atoms with Crippen LogP contribution in [0.3, 0.4) is 0 Å². The maximum atomic E-state index is 13.6. The lowest BCUT2D eigenvalue weighted by molar-refractivity contribution is 0.189. The van der Waals surface area contributed by atoms with E-state index in [0.29, 0.717) is 23.9 Å². The van der Waals surface area contributed by atoms with Gasteiger partial charge in [-0.25, -0.2) is 0 Å². The lowest BCUT2D eigenvalue weighted by Crippen LogP contribution is -2.43. The number of halogens is 1. The first-order chi connectivity index (χ1) is 8.53. The van der Waals surface area contributed by atoms with Crippen LogP contribution in [0, 0.1) is 5.95 Å². The number of rotatable bonds is 5. The number of aliphatic hydroxyl groups is 1. The second kappa shape index (κ2) is 5.04. The van der Waals surface area contributed by atoms with E-state index in [1.807, 2.05) is 26.0 Å². The van der Waals surface area contributed by atoms with E-state index in [0.717, 1.165) is 5.56 Å². The number of hydrogen-bond donors (Lipinski definition) is 3. The zero-order chi connectivity index (χ0) is 13.2. The van der Waals surface area contributed by atoms with Gasteiger partial charge in [-0.15, -0.1) is 0 Å². The molecular weight excluding hydrogens is 233 g/mol. The third kappa shape index (κ3) is 2.68. The number of aromatic nitrogens is 2. The lowest BCUT2D eigenvalue weighted by Gasteiger charge is -2.23. The Labute approximate surface area is 105 Å². The third-order valence-electron chi connectivity index (χ3n) is 3.02. The fourth-order valence-electron chi connectivity index (χ4n) is 1.90. The topological polar surface area (TPSA) is 60.9 Å². The average molecular weight is 251 g/mol. The van der Waals surface area contributed by atoms with Crippen molar-refractivity contribution in [1.29, 1.82) is 0 Å². The maximum absolute atomic E-state index is 13.6. The van der Waals surface area contributed by atoms with Gasteiger partial charge in [-0.1, -0.05) is 12.1 Å². The summed E-state index contributed by atoms with van der Waals surface area (Å²) in [4.78, 5) is 0. The highest BCUT2D eigenvalue weighted by Gasteiger charge is 2.15. The molecule has 0 saturated carbocycles. The van der Waals surface area contributed by atoms with Gasteiger partial charge in [0.1, 0.15) is 0 Å². The summed E-state index contributed by atoms with van der Waals surface area (Å²) in [6, 6.07) is 5.55. The van der Waals surface area contributed by atoms with Gasteiger partial charge in [0.2, 0.25) is 5.95 Å². The molecule has 2 rings (SSSR count).